The lowest BCUT2D eigenvalue weighted by Gasteiger charge is -2.36. The molecule has 0 bridgehead atoms. The molecule has 2 rings (SSSR count). The van der Waals surface area contributed by atoms with Crippen molar-refractivity contribution in [1.82, 2.24) is 0 Å². The molecule has 0 amide bonds. The number of carbonyl (C=O) groups excluding carboxylic acids is 1. The molecule has 1 aromatic rings. The standard InChI is InChI=1S/C17H26N2O/c1-13(20)6-7-14-4-3-5-17(12-14)19(2)16-10-8-15(18)9-11-16/h8-11,14,17H,3-7,12,18H2,1-2H3/t14?,17-/m0/s1. The quantitative estimate of drug-likeness (QED) is 0.834. The number of Topliss-reactive ketones (excluding diaryl/α,β-unsaturated/α-hetero) is 1. The number of carbonyl (C=O) groups is 1. The fraction of sp³-hybridized carbons (Fsp3) is 0.588. The topological polar surface area (TPSA) is 46.3 Å². The van der Waals surface area contributed by atoms with E-state index in [1.54, 1.807) is 6.92 Å². The first-order valence-corrected chi connectivity index (χ1v) is 7.64. The van der Waals surface area contributed by atoms with Crippen molar-refractivity contribution < 1.29 is 4.79 Å². The highest BCUT2D eigenvalue weighted by atomic mass is 16.1. The van der Waals surface area contributed by atoms with Crippen LogP contribution in [0, 0.1) is 5.92 Å². The smallest absolute Gasteiger partial charge is 0.129 e. The fourth-order valence-electron chi connectivity index (χ4n) is 3.20. The van der Waals surface area contributed by atoms with Crippen LogP contribution in [0.5, 0.6) is 0 Å². The zero-order chi connectivity index (χ0) is 14.5. The molecule has 1 fully saturated rings. The Morgan fingerprint density at radius 1 is 1.30 bits per heavy atom. The first-order valence-electron chi connectivity index (χ1n) is 7.64. The molecule has 1 aliphatic carbocycles. The van der Waals surface area contributed by atoms with Crippen LogP contribution in [0.15, 0.2) is 24.3 Å². The van der Waals surface area contributed by atoms with Crippen molar-refractivity contribution in [3.8, 4) is 0 Å². The van der Waals surface area contributed by atoms with E-state index in [1.807, 2.05) is 12.1 Å². The number of anilines is 2. The van der Waals surface area contributed by atoms with Gasteiger partial charge in [0.05, 0.1) is 0 Å². The third-order valence-corrected chi connectivity index (χ3v) is 4.51. The number of nitrogen functional groups attached to an aromatic ring is 1. The van der Waals surface area contributed by atoms with Gasteiger partial charge in [0, 0.05) is 30.9 Å². The number of hydrogen-bond donors (Lipinski definition) is 1. The third-order valence-electron chi connectivity index (χ3n) is 4.51. The number of nitrogens with two attached hydrogens (primary N) is 1. The molecule has 3 nitrogen and oxygen atoms in total. The Morgan fingerprint density at radius 2 is 2.00 bits per heavy atom. The Kier molecular flexibility index (Phi) is 5.05. The summed E-state index contributed by atoms with van der Waals surface area (Å²) in [5, 5.41) is 0. The summed E-state index contributed by atoms with van der Waals surface area (Å²) in [6.07, 6.45) is 6.79. The van der Waals surface area contributed by atoms with Gasteiger partial charge in [0.25, 0.3) is 0 Å². The van der Waals surface area contributed by atoms with Crippen LogP contribution in [0.4, 0.5) is 11.4 Å². The van der Waals surface area contributed by atoms with Crippen molar-refractivity contribution in [3.05, 3.63) is 24.3 Å². The Morgan fingerprint density at radius 3 is 2.65 bits per heavy atom. The van der Waals surface area contributed by atoms with Crippen molar-refractivity contribution in [1.29, 1.82) is 0 Å². The van der Waals surface area contributed by atoms with E-state index in [1.165, 1.54) is 31.4 Å². The van der Waals surface area contributed by atoms with E-state index in [2.05, 4.69) is 24.1 Å². The van der Waals surface area contributed by atoms with Gasteiger partial charge in [-0.2, -0.15) is 0 Å². The molecule has 110 valence electrons. The molecule has 1 saturated carbocycles. The first-order chi connectivity index (χ1) is 9.56. The second-order valence-electron chi connectivity index (χ2n) is 6.13. The van der Waals surface area contributed by atoms with Crippen molar-refractivity contribution in [2.75, 3.05) is 17.7 Å². The molecule has 1 aliphatic rings. The zero-order valence-electron chi connectivity index (χ0n) is 12.6. The van der Waals surface area contributed by atoms with E-state index in [-0.39, 0.29) is 0 Å². The summed E-state index contributed by atoms with van der Waals surface area (Å²) in [6, 6.07) is 8.69. The van der Waals surface area contributed by atoms with Crippen LogP contribution in [-0.4, -0.2) is 18.9 Å². The van der Waals surface area contributed by atoms with Gasteiger partial charge in [-0.15, -0.1) is 0 Å². The molecule has 0 heterocycles. The van der Waals surface area contributed by atoms with Crippen LogP contribution in [0.2, 0.25) is 0 Å². The van der Waals surface area contributed by atoms with Crippen molar-refractivity contribution >= 4 is 17.2 Å². The maximum atomic E-state index is 11.1. The van der Waals surface area contributed by atoms with Crippen LogP contribution < -0.4 is 10.6 Å². The highest BCUT2D eigenvalue weighted by Gasteiger charge is 2.25. The zero-order valence-corrected chi connectivity index (χ0v) is 12.6. The Balaban J connectivity index is 1.94. The number of rotatable bonds is 5. The lowest BCUT2D eigenvalue weighted by atomic mass is 9.82. The van der Waals surface area contributed by atoms with Gasteiger partial charge >= 0.3 is 0 Å². The van der Waals surface area contributed by atoms with Crippen LogP contribution in [-0.2, 0) is 4.79 Å². The summed E-state index contributed by atoms with van der Waals surface area (Å²) >= 11 is 0. The summed E-state index contributed by atoms with van der Waals surface area (Å²) in [4.78, 5) is 13.5. The summed E-state index contributed by atoms with van der Waals surface area (Å²) in [6.45, 7) is 1.70. The third kappa shape index (κ3) is 3.99. The lowest BCUT2D eigenvalue weighted by molar-refractivity contribution is -0.117. The molecule has 0 radical (unpaired) electrons. The van der Waals surface area contributed by atoms with Gasteiger partial charge in [-0.3, -0.25) is 0 Å². The predicted molar refractivity (Wildman–Crippen MR) is 84.9 cm³/mol. The van der Waals surface area contributed by atoms with Gasteiger partial charge in [0.15, 0.2) is 0 Å². The Hall–Kier alpha value is -1.51. The molecule has 0 aromatic heterocycles. The van der Waals surface area contributed by atoms with E-state index < -0.39 is 0 Å². The van der Waals surface area contributed by atoms with Crippen LogP contribution in [0.1, 0.15) is 45.4 Å². The fourth-order valence-corrected chi connectivity index (χ4v) is 3.20. The normalized spacial score (nSPS) is 22.5. The van der Waals surface area contributed by atoms with Crippen LogP contribution in [0.25, 0.3) is 0 Å². The second kappa shape index (κ2) is 6.78. The minimum atomic E-state index is 0.319. The van der Waals surface area contributed by atoms with Crippen molar-refractivity contribution in [3.63, 3.8) is 0 Å². The minimum absolute atomic E-state index is 0.319. The Labute approximate surface area is 122 Å². The molecule has 20 heavy (non-hydrogen) atoms. The molecular formula is C17H26N2O. The monoisotopic (exact) mass is 274 g/mol. The van der Waals surface area contributed by atoms with Gasteiger partial charge in [-0.25, -0.2) is 0 Å². The van der Waals surface area contributed by atoms with E-state index >= 15 is 0 Å². The van der Waals surface area contributed by atoms with Gasteiger partial charge in [0.1, 0.15) is 5.78 Å². The number of ketones is 1. The highest BCUT2D eigenvalue weighted by Crippen LogP contribution is 2.32. The van der Waals surface area contributed by atoms with Crippen LogP contribution in [0.3, 0.4) is 0 Å². The van der Waals surface area contributed by atoms with Gasteiger partial charge in [-0.05, 0) is 56.4 Å². The summed E-state index contributed by atoms with van der Waals surface area (Å²) in [7, 11) is 2.17. The molecule has 0 spiro atoms. The molecule has 3 heteroatoms. The van der Waals surface area contributed by atoms with E-state index in [0.29, 0.717) is 17.7 Å². The van der Waals surface area contributed by atoms with Crippen LogP contribution >= 0.6 is 0 Å². The van der Waals surface area contributed by atoms with Gasteiger partial charge in [-0.1, -0.05) is 12.8 Å². The molecular weight excluding hydrogens is 248 g/mol. The molecule has 0 aliphatic heterocycles. The maximum absolute atomic E-state index is 11.1. The molecule has 2 N–H and O–H groups in total. The molecule has 2 atom stereocenters. The summed E-state index contributed by atoms with van der Waals surface area (Å²) in [5.41, 5.74) is 7.79. The van der Waals surface area contributed by atoms with Crippen molar-refractivity contribution in [2.45, 2.75) is 51.5 Å². The SMILES string of the molecule is CC(=O)CCC1CCC[C@H](N(C)c2ccc(N)cc2)C1. The maximum Gasteiger partial charge on any atom is 0.129 e. The Bertz CT molecular complexity index is 441. The lowest BCUT2D eigenvalue weighted by Crippen LogP contribution is -2.36. The minimum Gasteiger partial charge on any atom is -0.399 e. The van der Waals surface area contributed by atoms with Crippen molar-refractivity contribution in [2.24, 2.45) is 5.92 Å². The molecule has 0 saturated heterocycles. The number of benzene rings is 1. The van der Waals surface area contributed by atoms with E-state index in [9.17, 15) is 4.79 Å². The predicted octanol–water partition coefficient (Wildman–Crippen LogP) is 3.63. The second-order valence-corrected chi connectivity index (χ2v) is 6.13. The van der Waals surface area contributed by atoms with E-state index in [4.69, 9.17) is 5.73 Å². The van der Waals surface area contributed by atoms with E-state index in [0.717, 1.165) is 18.5 Å². The average Bonchev–Trinajstić information content (AvgIpc) is 2.45. The first kappa shape index (κ1) is 14.9. The number of hydrogen-bond acceptors (Lipinski definition) is 3. The largest absolute Gasteiger partial charge is 0.399 e. The molecule has 1 unspecified atom stereocenters. The average molecular weight is 274 g/mol. The van der Waals surface area contributed by atoms with Gasteiger partial charge in [0.2, 0.25) is 0 Å². The highest BCUT2D eigenvalue weighted by molar-refractivity contribution is 5.75. The summed E-state index contributed by atoms with van der Waals surface area (Å²) < 4.78 is 0. The number of nitrogens with zero attached hydrogens (tertiary/aromatic N) is 1. The molecule has 1 aromatic carbocycles. The van der Waals surface area contributed by atoms with Gasteiger partial charge < -0.3 is 15.4 Å². The summed E-state index contributed by atoms with van der Waals surface area (Å²) in [5.74, 6) is 1.02.